The molecule has 0 saturated carbocycles. The van der Waals surface area contributed by atoms with Crippen molar-refractivity contribution in [1.29, 1.82) is 5.41 Å². The van der Waals surface area contributed by atoms with E-state index in [0.717, 1.165) is 11.1 Å². The number of hydrogen-bond donors (Lipinski definition) is 1. The molecule has 3 aromatic rings. The van der Waals surface area contributed by atoms with Crippen molar-refractivity contribution in [3.8, 4) is 29.9 Å². The van der Waals surface area contributed by atoms with E-state index in [4.69, 9.17) is 21.3 Å². The Hall–Kier alpha value is -4.51. The lowest BCUT2D eigenvalue weighted by atomic mass is 9.89. The van der Waals surface area contributed by atoms with Gasteiger partial charge in [-0.15, -0.1) is 6.42 Å². The van der Waals surface area contributed by atoms with Gasteiger partial charge in [0.05, 0.1) is 18.4 Å². The van der Waals surface area contributed by atoms with Crippen molar-refractivity contribution in [3.63, 3.8) is 0 Å². The lowest BCUT2D eigenvalue weighted by molar-refractivity contribution is 0.410. The van der Waals surface area contributed by atoms with Crippen molar-refractivity contribution in [1.82, 2.24) is 19.9 Å². The molecule has 37 heavy (non-hydrogen) atoms. The zero-order valence-electron chi connectivity index (χ0n) is 21.7. The van der Waals surface area contributed by atoms with Crippen LogP contribution < -0.4 is 9.47 Å². The molecular weight excluding hydrogens is 469 g/mol. The van der Waals surface area contributed by atoms with Gasteiger partial charge in [0.15, 0.2) is 11.6 Å². The Labute approximate surface area is 216 Å². The summed E-state index contributed by atoms with van der Waals surface area (Å²) in [5, 5.41) is 8.96. The minimum atomic E-state index is -0.579. The third kappa shape index (κ3) is 4.81. The fourth-order valence-electron chi connectivity index (χ4n) is 4.13. The van der Waals surface area contributed by atoms with Crippen LogP contribution in [0.5, 0.6) is 17.5 Å². The standard InChI is InChI=1S/C29H28FN5O2/c1-8-20-14-24(36-7)21(15-33-20)27-26(25(18(5)16(2)3)28(31)35(27)6)19-9-10-23(22(30)13-19)37-29-32-12-11-17(4)34-29/h1,9-16,31H,2-7H3/b25-18-,31-28?. The molecule has 7 nitrogen and oxygen atoms in total. The highest BCUT2D eigenvalue weighted by Gasteiger charge is 2.35. The van der Waals surface area contributed by atoms with Gasteiger partial charge in [-0.25, -0.2) is 19.3 Å². The molecule has 0 saturated heterocycles. The fourth-order valence-corrected chi connectivity index (χ4v) is 4.13. The lowest BCUT2D eigenvalue weighted by Crippen LogP contribution is -2.20. The number of pyridine rings is 1. The van der Waals surface area contributed by atoms with Crippen LogP contribution in [-0.4, -0.2) is 39.8 Å². The van der Waals surface area contributed by atoms with E-state index in [-0.39, 0.29) is 17.7 Å². The Morgan fingerprint density at radius 3 is 2.54 bits per heavy atom. The monoisotopic (exact) mass is 497 g/mol. The first-order chi connectivity index (χ1) is 17.7. The number of ether oxygens (including phenoxy) is 2. The van der Waals surface area contributed by atoms with Gasteiger partial charge in [-0.2, -0.15) is 0 Å². The van der Waals surface area contributed by atoms with Crippen LogP contribution >= 0.6 is 0 Å². The summed E-state index contributed by atoms with van der Waals surface area (Å²) in [5.74, 6) is 2.91. The summed E-state index contributed by atoms with van der Waals surface area (Å²) in [5.41, 5.74) is 5.46. The van der Waals surface area contributed by atoms with Crippen molar-refractivity contribution in [3.05, 3.63) is 82.2 Å². The van der Waals surface area contributed by atoms with Gasteiger partial charge in [0, 0.05) is 42.3 Å². The van der Waals surface area contributed by atoms with E-state index in [1.807, 2.05) is 6.92 Å². The van der Waals surface area contributed by atoms with Crippen molar-refractivity contribution in [2.75, 3.05) is 14.2 Å². The molecule has 1 aliphatic heterocycles. The van der Waals surface area contributed by atoms with Crippen LogP contribution in [0, 0.1) is 36.4 Å². The number of hydrogen-bond acceptors (Lipinski definition) is 6. The molecular formula is C29H28FN5O2. The zero-order valence-corrected chi connectivity index (χ0v) is 21.7. The SMILES string of the molecule is C#Cc1cc(OC)c(C2=C(c3ccc(Oc4nccc(C)n4)c(F)c3)/C(=C(\C)C(C)C)C(=N)N2C)cn1. The van der Waals surface area contributed by atoms with Crippen molar-refractivity contribution in [2.45, 2.75) is 27.7 Å². The number of aryl methyl sites for hydroxylation is 1. The van der Waals surface area contributed by atoms with Crippen LogP contribution in [0.15, 0.2) is 53.9 Å². The molecule has 8 heteroatoms. The van der Waals surface area contributed by atoms with Crippen LogP contribution in [0.2, 0.25) is 0 Å². The molecule has 0 spiro atoms. The second-order valence-corrected chi connectivity index (χ2v) is 8.99. The first-order valence-electron chi connectivity index (χ1n) is 11.7. The van der Waals surface area contributed by atoms with Crippen LogP contribution in [0.4, 0.5) is 4.39 Å². The predicted molar refractivity (Wildman–Crippen MR) is 142 cm³/mol. The summed E-state index contributed by atoms with van der Waals surface area (Å²) in [4.78, 5) is 14.3. The molecule has 1 N–H and O–H groups in total. The smallest absolute Gasteiger partial charge is 0.322 e. The van der Waals surface area contributed by atoms with Gasteiger partial charge >= 0.3 is 6.01 Å². The largest absolute Gasteiger partial charge is 0.496 e. The molecule has 3 heterocycles. The quantitative estimate of drug-likeness (QED) is 0.429. The summed E-state index contributed by atoms with van der Waals surface area (Å²) in [7, 11) is 3.35. The van der Waals surface area contributed by atoms with Gasteiger partial charge in [0.1, 0.15) is 17.3 Å². The topological polar surface area (TPSA) is 84.2 Å². The van der Waals surface area contributed by atoms with Gasteiger partial charge in [-0.05, 0) is 43.5 Å². The van der Waals surface area contributed by atoms with Crippen molar-refractivity contribution < 1.29 is 13.9 Å². The summed E-state index contributed by atoms with van der Waals surface area (Å²) < 4.78 is 26.6. The summed E-state index contributed by atoms with van der Waals surface area (Å²) >= 11 is 0. The van der Waals surface area contributed by atoms with E-state index in [1.165, 1.54) is 6.07 Å². The number of aromatic nitrogens is 3. The molecule has 188 valence electrons. The Morgan fingerprint density at radius 1 is 1.16 bits per heavy atom. The number of amidine groups is 1. The van der Waals surface area contributed by atoms with Gasteiger partial charge in [-0.1, -0.05) is 31.4 Å². The highest BCUT2D eigenvalue weighted by molar-refractivity contribution is 6.25. The molecule has 2 aromatic heterocycles. The average molecular weight is 498 g/mol. The minimum absolute atomic E-state index is 0.00154. The number of rotatable bonds is 6. The Kier molecular flexibility index (Phi) is 7.07. The maximum Gasteiger partial charge on any atom is 0.322 e. The number of terminal acetylenes is 1. The first-order valence-corrected chi connectivity index (χ1v) is 11.7. The molecule has 0 atom stereocenters. The molecule has 0 unspecified atom stereocenters. The number of benzene rings is 1. The molecule has 0 aliphatic carbocycles. The molecule has 4 rings (SSSR count). The van der Waals surface area contributed by atoms with E-state index in [9.17, 15) is 0 Å². The van der Waals surface area contributed by atoms with Gasteiger partial charge in [0.2, 0.25) is 0 Å². The van der Waals surface area contributed by atoms with Crippen molar-refractivity contribution >= 4 is 17.1 Å². The third-order valence-corrected chi connectivity index (χ3v) is 6.34. The normalized spacial score (nSPS) is 14.8. The minimum Gasteiger partial charge on any atom is -0.496 e. The van der Waals surface area contributed by atoms with Gasteiger partial charge < -0.3 is 14.4 Å². The van der Waals surface area contributed by atoms with E-state index in [2.05, 4.69) is 34.7 Å². The highest BCUT2D eigenvalue weighted by Crippen LogP contribution is 2.46. The average Bonchev–Trinajstić information content (AvgIpc) is 3.14. The van der Waals surface area contributed by atoms with Gasteiger partial charge in [0.25, 0.3) is 0 Å². The molecule has 0 radical (unpaired) electrons. The number of methoxy groups -OCH3 is 1. The molecule has 0 amide bonds. The van der Waals surface area contributed by atoms with E-state index >= 15 is 4.39 Å². The maximum atomic E-state index is 15.4. The number of allylic oxidation sites excluding steroid dienone is 1. The van der Waals surface area contributed by atoms with Crippen LogP contribution in [0.1, 0.15) is 43.3 Å². The van der Waals surface area contributed by atoms with Crippen LogP contribution in [0.3, 0.4) is 0 Å². The molecule has 1 aliphatic rings. The number of nitrogens with one attached hydrogen (secondary N) is 1. The molecule has 0 fully saturated rings. The van der Waals surface area contributed by atoms with E-state index in [0.29, 0.717) is 45.4 Å². The van der Waals surface area contributed by atoms with Gasteiger partial charge in [-0.3, -0.25) is 5.41 Å². The summed E-state index contributed by atoms with van der Waals surface area (Å²) in [6, 6.07) is 8.18. The lowest BCUT2D eigenvalue weighted by Gasteiger charge is -2.19. The van der Waals surface area contributed by atoms with Crippen molar-refractivity contribution in [2.24, 2.45) is 5.92 Å². The number of likely N-dealkylation sites (N-methyl/N-ethyl adjacent to an activating group) is 1. The summed E-state index contributed by atoms with van der Waals surface area (Å²) in [6.45, 7) is 7.92. The maximum absolute atomic E-state index is 15.4. The molecule has 0 bridgehead atoms. The second-order valence-electron chi connectivity index (χ2n) is 8.99. The Morgan fingerprint density at radius 2 is 1.92 bits per heavy atom. The third-order valence-electron chi connectivity index (χ3n) is 6.34. The van der Waals surface area contributed by atoms with E-state index in [1.54, 1.807) is 62.6 Å². The fraction of sp³-hybridized carbons (Fsp3) is 0.241. The Balaban J connectivity index is 1.94. The zero-order chi connectivity index (χ0) is 26.9. The van der Waals surface area contributed by atoms with Crippen LogP contribution in [0.25, 0.3) is 11.3 Å². The predicted octanol–water partition coefficient (Wildman–Crippen LogP) is 5.86. The first kappa shape index (κ1) is 25.6. The Bertz CT molecular complexity index is 1500. The van der Waals surface area contributed by atoms with E-state index < -0.39 is 5.82 Å². The van der Waals surface area contributed by atoms with Crippen LogP contribution in [-0.2, 0) is 0 Å². The highest BCUT2D eigenvalue weighted by atomic mass is 19.1. The number of halogens is 1. The molecule has 1 aromatic carbocycles. The number of nitrogens with zero attached hydrogens (tertiary/aromatic N) is 4. The summed E-state index contributed by atoms with van der Waals surface area (Å²) in [6.07, 6.45) is 8.72. The second kappa shape index (κ2) is 10.2.